The molecule has 4 nitrogen and oxygen atoms in total. The number of carbonyl (C=O) groups excluding carboxylic acids is 1. The highest BCUT2D eigenvalue weighted by molar-refractivity contribution is 6.35. The summed E-state index contributed by atoms with van der Waals surface area (Å²) >= 11 is 18.3. The van der Waals surface area contributed by atoms with Crippen LogP contribution in [0.4, 0.5) is 5.82 Å². The highest BCUT2D eigenvalue weighted by Gasteiger charge is 2.15. The first-order valence-corrected chi connectivity index (χ1v) is 9.02. The van der Waals surface area contributed by atoms with Crippen molar-refractivity contribution < 1.29 is 4.79 Å². The van der Waals surface area contributed by atoms with Crippen molar-refractivity contribution in [2.45, 2.75) is 20.4 Å². The van der Waals surface area contributed by atoms with Crippen LogP contribution in [0.2, 0.25) is 15.1 Å². The van der Waals surface area contributed by atoms with E-state index in [-0.39, 0.29) is 5.91 Å². The van der Waals surface area contributed by atoms with Gasteiger partial charge in [-0.15, -0.1) is 0 Å². The Balaban J connectivity index is 1.80. The van der Waals surface area contributed by atoms with E-state index >= 15 is 0 Å². The molecule has 0 radical (unpaired) electrons. The molecule has 1 N–H and O–H groups in total. The quantitative estimate of drug-likeness (QED) is 0.596. The standard InChI is InChI=1S/C19H16Cl3N3O/c1-11-3-4-12(2)15(7-11)19(26)23-18-17(22)10-25(24-18)9-13-5-6-14(20)8-16(13)21/h3-8,10H,9H2,1-2H3,(H,23,24,26). The largest absolute Gasteiger partial charge is 0.304 e. The summed E-state index contributed by atoms with van der Waals surface area (Å²) in [5, 5.41) is 8.58. The molecule has 134 valence electrons. The van der Waals surface area contributed by atoms with Crippen LogP contribution in [0.3, 0.4) is 0 Å². The van der Waals surface area contributed by atoms with E-state index in [4.69, 9.17) is 34.8 Å². The number of nitrogens with one attached hydrogen (secondary N) is 1. The van der Waals surface area contributed by atoms with Crippen LogP contribution in [0.25, 0.3) is 0 Å². The third kappa shape index (κ3) is 4.21. The first-order valence-electron chi connectivity index (χ1n) is 7.89. The van der Waals surface area contributed by atoms with Gasteiger partial charge in [-0.05, 0) is 43.2 Å². The second kappa shape index (κ2) is 7.70. The van der Waals surface area contributed by atoms with Gasteiger partial charge in [0.25, 0.3) is 5.91 Å². The van der Waals surface area contributed by atoms with Crippen LogP contribution in [-0.4, -0.2) is 15.7 Å². The number of benzene rings is 2. The Morgan fingerprint density at radius 3 is 2.58 bits per heavy atom. The second-order valence-electron chi connectivity index (χ2n) is 6.03. The molecule has 1 heterocycles. The van der Waals surface area contributed by atoms with E-state index < -0.39 is 0 Å². The van der Waals surface area contributed by atoms with Gasteiger partial charge in [-0.25, -0.2) is 0 Å². The average Bonchev–Trinajstić information content (AvgIpc) is 2.92. The number of carbonyl (C=O) groups is 1. The summed E-state index contributed by atoms with van der Waals surface area (Å²) in [6.07, 6.45) is 1.64. The van der Waals surface area contributed by atoms with Crippen LogP contribution in [0.1, 0.15) is 27.0 Å². The number of halogens is 3. The Kier molecular flexibility index (Phi) is 5.56. The smallest absolute Gasteiger partial charge is 0.257 e. The Morgan fingerprint density at radius 2 is 1.85 bits per heavy atom. The molecule has 1 amide bonds. The molecule has 2 aromatic carbocycles. The number of rotatable bonds is 4. The number of hydrogen-bond acceptors (Lipinski definition) is 2. The molecule has 1 aromatic heterocycles. The Morgan fingerprint density at radius 1 is 1.08 bits per heavy atom. The lowest BCUT2D eigenvalue weighted by atomic mass is 10.1. The predicted octanol–water partition coefficient (Wildman–Crippen LogP) is 5.76. The molecule has 0 spiro atoms. The molecule has 0 aliphatic carbocycles. The number of nitrogens with zero attached hydrogens (tertiary/aromatic N) is 2. The van der Waals surface area contributed by atoms with Gasteiger partial charge in [0, 0.05) is 21.8 Å². The molecule has 0 saturated heterocycles. The lowest BCUT2D eigenvalue weighted by Gasteiger charge is -2.07. The van der Waals surface area contributed by atoms with Gasteiger partial charge >= 0.3 is 0 Å². The number of amides is 1. The summed E-state index contributed by atoms with van der Waals surface area (Å²) in [4.78, 5) is 12.5. The van der Waals surface area contributed by atoms with Crippen molar-refractivity contribution in [1.29, 1.82) is 0 Å². The Labute approximate surface area is 166 Å². The van der Waals surface area contributed by atoms with Gasteiger partial charge in [0.1, 0.15) is 5.02 Å². The van der Waals surface area contributed by atoms with E-state index in [0.29, 0.717) is 33.0 Å². The molecular formula is C19H16Cl3N3O. The fourth-order valence-electron chi connectivity index (χ4n) is 2.54. The summed E-state index contributed by atoms with van der Waals surface area (Å²) < 4.78 is 1.62. The molecular weight excluding hydrogens is 393 g/mol. The Bertz CT molecular complexity index is 982. The van der Waals surface area contributed by atoms with Gasteiger partial charge < -0.3 is 5.32 Å². The molecule has 3 aromatic rings. The maximum absolute atomic E-state index is 12.5. The number of anilines is 1. The Hall–Kier alpha value is -2.01. The highest BCUT2D eigenvalue weighted by atomic mass is 35.5. The summed E-state index contributed by atoms with van der Waals surface area (Å²) in [6.45, 7) is 4.24. The second-order valence-corrected chi connectivity index (χ2v) is 7.28. The van der Waals surface area contributed by atoms with E-state index in [1.165, 1.54) is 0 Å². The van der Waals surface area contributed by atoms with Crippen LogP contribution in [0, 0.1) is 13.8 Å². The minimum Gasteiger partial charge on any atom is -0.304 e. The van der Waals surface area contributed by atoms with Crippen molar-refractivity contribution in [3.05, 3.63) is 79.9 Å². The van der Waals surface area contributed by atoms with Crippen LogP contribution < -0.4 is 5.32 Å². The third-order valence-electron chi connectivity index (χ3n) is 3.93. The van der Waals surface area contributed by atoms with Crippen molar-refractivity contribution in [1.82, 2.24) is 9.78 Å². The first-order chi connectivity index (χ1) is 12.3. The summed E-state index contributed by atoms with van der Waals surface area (Å²) in [5.74, 6) is 0.0607. The normalized spacial score (nSPS) is 10.8. The van der Waals surface area contributed by atoms with Crippen molar-refractivity contribution in [3.63, 3.8) is 0 Å². The van der Waals surface area contributed by atoms with E-state index in [1.807, 2.05) is 38.1 Å². The fourth-order valence-corrected chi connectivity index (χ4v) is 3.21. The summed E-state index contributed by atoms with van der Waals surface area (Å²) in [7, 11) is 0. The van der Waals surface area contributed by atoms with Gasteiger partial charge in [0.15, 0.2) is 5.82 Å². The number of aryl methyl sites for hydroxylation is 2. The SMILES string of the molecule is Cc1ccc(C)c(C(=O)Nc2nn(Cc3ccc(Cl)cc3Cl)cc2Cl)c1. The molecule has 0 unspecified atom stereocenters. The lowest BCUT2D eigenvalue weighted by molar-refractivity contribution is 0.102. The summed E-state index contributed by atoms with van der Waals surface area (Å²) in [5.41, 5.74) is 3.34. The molecule has 0 atom stereocenters. The predicted molar refractivity (Wildman–Crippen MR) is 107 cm³/mol. The molecule has 26 heavy (non-hydrogen) atoms. The topological polar surface area (TPSA) is 46.9 Å². The van der Waals surface area contributed by atoms with Gasteiger partial charge in [0.2, 0.25) is 0 Å². The average molecular weight is 409 g/mol. The highest BCUT2D eigenvalue weighted by Crippen LogP contribution is 2.25. The number of aromatic nitrogens is 2. The lowest BCUT2D eigenvalue weighted by Crippen LogP contribution is -2.14. The third-order valence-corrected chi connectivity index (χ3v) is 4.80. The molecule has 0 aliphatic rings. The zero-order valence-corrected chi connectivity index (χ0v) is 16.5. The van der Waals surface area contributed by atoms with Crippen molar-refractivity contribution >= 4 is 46.5 Å². The molecule has 7 heteroatoms. The molecule has 0 bridgehead atoms. The van der Waals surface area contributed by atoms with E-state index in [0.717, 1.165) is 16.7 Å². The maximum atomic E-state index is 12.5. The van der Waals surface area contributed by atoms with Crippen LogP contribution in [-0.2, 0) is 6.54 Å². The van der Waals surface area contributed by atoms with Crippen molar-refractivity contribution in [2.75, 3.05) is 5.32 Å². The van der Waals surface area contributed by atoms with Gasteiger partial charge in [-0.2, -0.15) is 5.10 Å². The zero-order chi connectivity index (χ0) is 18.8. The minimum absolute atomic E-state index is 0.247. The van der Waals surface area contributed by atoms with Gasteiger partial charge in [-0.3, -0.25) is 9.48 Å². The molecule has 0 fully saturated rings. The molecule has 3 rings (SSSR count). The van der Waals surface area contributed by atoms with Crippen molar-refractivity contribution in [3.8, 4) is 0 Å². The molecule has 0 saturated carbocycles. The maximum Gasteiger partial charge on any atom is 0.257 e. The van der Waals surface area contributed by atoms with Crippen LogP contribution in [0.15, 0.2) is 42.6 Å². The minimum atomic E-state index is -0.247. The van der Waals surface area contributed by atoms with Crippen molar-refractivity contribution in [2.24, 2.45) is 0 Å². The monoisotopic (exact) mass is 407 g/mol. The summed E-state index contributed by atoms with van der Waals surface area (Å²) in [6, 6.07) is 11.0. The van der Waals surface area contributed by atoms with Crippen LogP contribution >= 0.6 is 34.8 Å². The van der Waals surface area contributed by atoms with Gasteiger partial charge in [-0.1, -0.05) is 58.6 Å². The van der Waals surface area contributed by atoms with E-state index in [1.54, 1.807) is 23.0 Å². The fraction of sp³-hybridized carbons (Fsp3) is 0.158. The van der Waals surface area contributed by atoms with Crippen LogP contribution in [0.5, 0.6) is 0 Å². The van der Waals surface area contributed by atoms with E-state index in [9.17, 15) is 4.79 Å². The van der Waals surface area contributed by atoms with Gasteiger partial charge in [0.05, 0.1) is 6.54 Å². The van der Waals surface area contributed by atoms with E-state index in [2.05, 4.69) is 10.4 Å². The molecule has 0 aliphatic heterocycles. The number of hydrogen-bond donors (Lipinski definition) is 1. The zero-order valence-electron chi connectivity index (χ0n) is 14.2. The first kappa shape index (κ1) is 18.8.